The summed E-state index contributed by atoms with van der Waals surface area (Å²) in [6.07, 6.45) is 1.14. The third-order valence-electron chi connectivity index (χ3n) is 3.70. The third-order valence-corrected chi connectivity index (χ3v) is 3.95. The average molecular weight is 291 g/mol. The van der Waals surface area contributed by atoms with Crippen LogP contribution in [0, 0.1) is 6.92 Å². The Kier molecular flexibility index (Phi) is 3.94. The van der Waals surface area contributed by atoms with Crippen molar-refractivity contribution in [1.29, 1.82) is 0 Å². The number of hydrogen-bond acceptors (Lipinski definition) is 3. The van der Waals surface area contributed by atoms with Gasteiger partial charge in [-0.05, 0) is 37.6 Å². The lowest BCUT2D eigenvalue weighted by atomic mass is 10.1. The van der Waals surface area contributed by atoms with Crippen molar-refractivity contribution in [3.05, 3.63) is 35.0 Å². The van der Waals surface area contributed by atoms with Crippen LogP contribution in [0.15, 0.2) is 24.3 Å². The molecule has 0 bridgehead atoms. The minimum atomic E-state index is 0.760. The van der Waals surface area contributed by atoms with Gasteiger partial charge in [-0.25, -0.2) is 0 Å². The van der Waals surface area contributed by atoms with Gasteiger partial charge in [0.15, 0.2) is 5.82 Å². The summed E-state index contributed by atoms with van der Waals surface area (Å²) >= 11 is 5.98. The fraction of sp³-hybridized carbons (Fsp3) is 0.400. The van der Waals surface area contributed by atoms with Crippen LogP contribution in [-0.4, -0.2) is 36.4 Å². The zero-order chi connectivity index (χ0) is 13.9. The predicted molar refractivity (Wildman–Crippen MR) is 83.5 cm³/mol. The van der Waals surface area contributed by atoms with E-state index in [1.807, 2.05) is 12.1 Å². The van der Waals surface area contributed by atoms with Gasteiger partial charge >= 0.3 is 0 Å². The van der Waals surface area contributed by atoms with E-state index in [0.717, 1.165) is 54.7 Å². The van der Waals surface area contributed by atoms with Crippen LogP contribution in [-0.2, 0) is 0 Å². The Morgan fingerprint density at radius 1 is 1.15 bits per heavy atom. The van der Waals surface area contributed by atoms with Crippen molar-refractivity contribution >= 4 is 17.4 Å². The molecule has 4 nitrogen and oxygen atoms in total. The lowest BCUT2D eigenvalue weighted by Crippen LogP contribution is -2.28. The Morgan fingerprint density at radius 3 is 2.75 bits per heavy atom. The first-order valence-electron chi connectivity index (χ1n) is 7.02. The molecule has 1 saturated heterocycles. The number of aryl methyl sites for hydroxylation is 1. The Hall–Kier alpha value is -1.52. The molecule has 20 heavy (non-hydrogen) atoms. The Balaban J connectivity index is 1.98. The molecule has 1 fully saturated rings. The predicted octanol–water partition coefficient (Wildman–Crippen LogP) is 2.84. The number of aromatic amines is 1. The average Bonchev–Trinajstić information content (AvgIpc) is 2.67. The van der Waals surface area contributed by atoms with Crippen molar-refractivity contribution in [3.63, 3.8) is 0 Å². The molecule has 2 N–H and O–H groups in total. The largest absolute Gasteiger partial charge is 0.353 e. The second-order valence-electron chi connectivity index (χ2n) is 5.14. The van der Waals surface area contributed by atoms with Crippen LogP contribution in [0.2, 0.25) is 5.02 Å². The van der Waals surface area contributed by atoms with Crippen LogP contribution in [0.25, 0.3) is 11.1 Å². The van der Waals surface area contributed by atoms with Crippen LogP contribution in [0.5, 0.6) is 0 Å². The second-order valence-corrected chi connectivity index (χ2v) is 5.58. The van der Waals surface area contributed by atoms with Crippen molar-refractivity contribution in [1.82, 2.24) is 15.5 Å². The standard InChI is InChI=1S/C15H19ClN4/c1-11-14(12-3-5-13(16)6-4-12)15(19-18-11)20-9-2-7-17-8-10-20/h3-6,17H,2,7-10H2,1H3,(H,18,19). The van der Waals surface area contributed by atoms with Crippen molar-refractivity contribution < 1.29 is 0 Å². The molecule has 0 radical (unpaired) electrons. The first-order chi connectivity index (χ1) is 9.75. The summed E-state index contributed by atoms with van der Waals surface area (Å²) in [5, 5.41) is 11.8. The van der Waals surface area contributed by atoms with E-state index in [2.05, 4.69) is 39.5 Å². The smallest absolute Gasteiger partial charge is 0.158 e. The molecule has 0 amide bonds. The maximum Gasteiger partial charge on any atom is 0.158 e. The van der Waals surface area contributed by atoms with Gasteiger partial charge in [0, 0.05) is 35.9 Å². The molecule has 0 atom stereocenters. The molecule has 0 spiro atoms. The van der Waals surface area contributed by atoms with Gasteiger partial charge in [0.25, 0.3) is 0 Å². The van der Waals surface area contributed by atoms with Crippen molar-refractivity contribution in [2.75, 3.05) is 31.1 Å². The normalized spacial score (nSPS) is 16.2. The lowest BCUT2D eigenvalue weighted by Gasteiger charge is -2.21. The Labute approximate surface area is 124 Å². The van der Waals surface area contributed by atoms with Crippen molar-refractivity contribution in [3.8, 4) is 11.1 Å². The maximum absolute atomic E-state index is 5.98. The first-order valence-corrected chi connectivity index (χ1v) is 7.40. The number of halogens is 1. The molecule has 1 aromatic heterocycles. The maximum atomic E-state index is 5.98. The number of nitrogens with one attached hydrogen (secondary N) is 2. The fourth-order valence-electron chi connectivity index (χ4n) is 2.66. The van der Waals surface area contributed by atoms with Gasteiger partial charge in [0.1, 0.15) is 0 Å². The molecule has 2 heterocycles. The van der Waals surface area contributed by atoms with Gasteiger partial charge < -0.3 is 10.2 Å². The summed E-state index contributed by atoms with van der Waals surface area (Å²) in [6, 6.07) is 7.97. The lowest BCUT2D eigenvalue weighted by molar-refractivity contribution is 0.724. The van der Waals surface area contributed by atoms with Crippen molar-refractivity contribution in [2.24, 2.45) is 0 Å². The molecule has 106 valence electrons. The van der Waals surface area contributed by atoms with Crippen LogP contribution < -0.4 is 10.2 Å². The van der Waals surface area contributed by atoms with Crippen LogP contribution in [0.3, 0.4) is 0 Å². The van der Waals surface area contributed by atoms with E-state index < -0.39 is 0 Å². The summed E-state index contributed by atoms with van der Waals surface area (Å²) in [6.45, 7) is 6.18. The summed E-state index contributed by atoms with van der Waals surface area (Å²) in [7, 11) is 0. The number of nitrogens with zero attached hydrogens (tertiary/aromatic N) is 2. The van der Waals surface area contributed by atoms with Gasteiger partial charge in [0.2, 0.25) is 0 Å². The van der Waals surface area contributed by atoms with Gasteiger partial charge in [-0.3, -0.25) is 5.10 Å². The molecule has 3 rings (SSSR count). The molecular formula is C15H19ClN4. The minimum absolute atomic E-state index is 0.760. The van der Waals surface area contributed by atoms with Crippen LogP contribution in [0.1, 0.15) is 12.1 Å². The Morgan fingerprint density at radius 2 is 1.95 bits per heavy atom. The second kappa shape index (κ2) is 5.85. The highest BCUT2D eigenvalue weighted by molar-refractivity contribution is 6.30. The number of rotatable bonds is 2. The number of H-pyrrole nitrogens is 1. The van der Waals surface area contributed by atoms with E-state index in [4.69, 9.17) is 11.6 Å². The zero-order valence-corrected chi connectivity index (χ0v) is 12.4. The molecule has 0 aliphatic carbocycles. The molecular weight excluding hydrogens is 272 g/mol. The van der Waals surface area contributed by atoms with E-state index in [1.54, 1.807) is 0 Å². The molecule has 1 aliphatic heterocycles. The summed E-state index contributed by atoms with van der Waals surface area (Å²) in [4.78, 5) is 2.35. The van der Waals surface area contributed by atoms with Gasteiger partial charge in [-0.2, -0.15) is 5.10 Å². The van der Waals surface area contributed by atoms with Crippen LogP contribution in [0.4, 0.5) is 5.82 Å². The molecule has 0 saturated carbocycles. The number of aromatic nitrogens is 2. The van der Waals surface area contributed by atoms with Gasteiger partial charge in [0.05, 0.1) is 0 Å². The monoisotopic (exact) mass is 290 g/mol. The minimum Gasteiger partial charge on any atom is -0.353 e. The van der Waals surface area contributed by atoms with E-state index in [1.165, 1.54) is 5.56 Å². The summed E-state index contributed by atoms with van der Waals surface area (Å²) < 4.78 is 0. The molecule has 1 aromatic carbocycles. The highest BCUT2D eigenvalue weighted by Gasteiger charge is 2.19. The van der Waals surface area contributed by atoms with E-state index in [9.17, 15) is 0 Å². The van der Waals surface area contributed by atoms with Crippen molar-refractivity contribution in [2.45, 2.75) is 13.3 Å². The first kappa shape index (κ1) is 13.5. The summed E-state index contributed by atoms with van der Waals surface area (Å²) in [5.74, 6) is 1.05. The molecule has 5 heteroatoms. The highest BCUT2D eigenvalue weighted by Crippen LogP contribution is 2.32. The fourth-order valence-corrected chi connectivity index (χ4v) is 2.79. The summed E-state index contributed by atoms with van der Waals surface area (Å²) in [5.41, 5.74) is 3.44. The molecule has 1 aliphatic rings. The molecule has 0 unspecified atom stereocenters. The van der Waals surface area contributed by atoms with E-state index >= 15 is 0 Å². The third kappa shape index (κ3) is 2.67. The van der Waals surface area contributed by atoms with Crippen LogP contribution >= 0.6 is 11.6 Å². The van der Waals surface area contributed by atoms with Gasteiger partial charge in [-0.1, -0.05) is 23.7 Å². The number of anilines is 1. The topological polar surface area (TPSA) is 44.0 Å². The quantitative estimate of drug-likeness (QED) is 0.894. The zero-order valence-electron chi connectivity index (χ0n) is 11.6. The SMILES string of the molecule is Cc1[nH]nc(N2CCCNCC2)c1-c1ccc(Cl)cc1. The Bertz CT molecular complexity index is 568. The number of hydrogen-bond donors (Lipinski definition) is 2. The highest BCUT2D eigenvalue weighted by atomic mass is 35.5. The number of benzene rings is 1. The van der Waals surface area contributed by atoms with Gasteiger partial charge in [-0.15, -0.1) is 0 Å². The van der Waals surface area contributed by atoms with E-state index in [0.29, 0.717) is 0 Å². The molecule has 2 aromatic rings. The van der Waals surface area contributed by atoms with E-state index in [-0.39, 0.29) is 0 Å².